The van der Waals surface area contributed by atoms with Crippen LogP contribution in [-0.2, 0) is 14.8 Å². The maximum atomic E-state index is 13.7. The topological polar surface area (TPSA) is 95.6 Å². The molecule has 2 amide bonds. The van der Waals surface area contributed by atoms with Crippen LogP contribution < -0.4 is 14.9 Å². The van der Waals surface area contributed by atoms with Gasteiger partial charge in [-0.3, -0.25) is 13.9 Å². The summed E-state index contributed by atoms with van der Waals surface area (Å²) in [6.45, 7) is 5.62. The first-order chi connectivity index (χ1) is 14.4. The number of sulfonamides is 1. The van der Waals surface area contributed by atoms with Crippen LogP contribution in [0.4, 0.5) is 20.2 Å². The Kier molecular flexibility index (Phi) is 7.72. The average Bonchev–Trinajstić information content (AvgIpc) is 2.68. The summed E-state index contributed by atoms with van der Waals surface area (Å²) in [6, 6.07) is 7.52. The van der Waals surface area contributed by atoms with Crippen molar-refractivity contribution < 1.29 is 26.8 Å². The van der Waals surface area contributed by atoms with Crippen molar-refractivity contribution in [2.24, 2.45) is 5.92 Å². The van der Waals surface area contributed by atoms with Crippen LogP contribution in [0.1, 0.15) is 31.1 Å². The highest BCUT2D eigenvalue weighted by atomic mass is 32.2. The molecule has 0 aliphatic carbocycles. The molecule has 2 N–H and O–H groups in total. The van der Waals surface area contributed by atoms with Gasteiger partial charge in [-0.05, 0) is 37.1 Å². The quantitative estimate of drug-likeness (QED) is 0.642. The molecule has 0 unspecified atom stereocenters. The minimum absolute atomic E-state index is 0.194. The SMILES string of the molecule is CC(C)CNC(=O)c1ccccc1NC(=O)[C@@H](C)N(c1ccc(F)c(F)c1)S(C)(=O)=O. The van der Waals surface area contributed by atoms with Crippen LogP contribution in [0.25, 0.3) is 0 Å². The molecule has 0 aliphatic rings. The molecule has 2 rings (SSSR count). The molecule has 0 aromatic heterocycles. The van der Waals surface area contributed by atoms with Crippen LogP contribution in [0.3, 0.4) is 0 Å². The van der Waals surface area contributed by atoms with E-state index in [4.69, 9.17) is 0 Å². The summed E-state index contributed by atoms with van der Waals surface area (Å²) in [7, 11) is -4.02. The Balaban J connectivity index is 2.31. The molecule has 2 aromatic carbocycles. The van der Waals surface area contributed by atoms with E-state index in [1.54, 1.807) is 12.1 Å². The lowest BCUT2D eigenvalue weighted by Crippen LogP contribution is -2.45. The van der Waals surface area contributed by atoms with E-state index in [9.17, 15) is 26.8 Å². The lowest BCUT2D eigenvalue weighted by molar-refractivity contribution is -0.116. The van der Waals surface area contributed by atoms with Crippen LogP contribution in [-0.4, -0.2) is 39.1 Å². The van der Waals surface area contributed by atoms with E-state index in [0.29, 0.717) is 16.9 Å². The third-order valence-electron chi connectivity index (χ3n) is 4.35. The Hall–Kier alpha value is -3.01. The van der Waals surface area contributed by atoms with Crippen molar-refractivity contribution in [3.63, 3.8) is 0 Å². The summed E-state index contributed by atoms with van der Waals surface area (Å²) in [4.78, 5) is 25.3. The van der Waals surface area contributed by atoms with Gasteiger partial charge in [0, 0.05) is 12.6 Å². The zero-order chi connectivity index (χ0) is 23.3. The van der Waals surface area contributed by atoms with Crippen molar-refractivity contribution in [1.82, 2.24) is 5.32 Å². The molecular formula is C21H25F2N3O4S. The molecule has 2 aromatic rings. The molecule has 0 saturated carbocycles. The number of benzene rings is 2. The van der Waals surface area contributed by atoms with Crippen LogP contribution in [0.2, 0.25) is 0 Å². The summed E-state index contributed by atoms with van der Waals surface area (Å²) in [5, 5.41) is 5.31. The van der Waals surface area contributed by atoms with Crippen LogP contribution in [0, 0.1) is 17.6 Å². The van der Waals surface area contributed by atoms with E-state index in [-0.39, 0.29) is 22.9 Å². The van der Waals surface area contributed by atoms with Crippen molar-refractivity contribution in [2.75, 3.05) is 22.4 Å². The number of para-hydroxylation sites is 1. The van der Waals surface area contributed by atoms with Gasteiger partial charge < -0.3 is 10.6 Å². The molecule has 10 heteroatoms. The van der Waals surface area contributed by atoms with Crippen molar-refractivity contribution in [3.8, 4) is 0 Å². The van der Waals surface area contributed by atoms with Gasteiger partial charge in [-0.15, -0.1) is 0 Å². The number of halogens is 2. The number of carbonyl (C=O) groups excluding carboxylic acids is 2. The number of amides is 2. The Bertz CT molecular complexity index is 1070. The highest BCUT2D eigenvalue weighted by molar-refractivity contribution is 7.92. The molecule has 0 heterocycles. The van der Waals surface area contributed by atoms with Gasteiger partial charge in [0.25, 0.3) is 5.91 Å². The fourth-order valence-electron chi connectivity index (χ4n) is 2.85. The third-order valence-corrected chi connectivity index (χ3v) is 5.59. The molecule has 0 bridgehead atoms. The zero-order valence-electron chi connectivity index (χ0n) is 17.6. The van der Waals surface area contributed by atoms with E-state index in [1.807, 2.05) is 13.8 Å². The molecule has 168 valence electrons. The van der Waals surface area contributed by atoms with Crippen molar-refractivity contribution in [2.45, 2.75) is 26.8 Å². The fraction of sp³-hybridized carbons (Fsp3) is 0.333. The Morgan fingerprint density at radius 1 is 1.03 bits per heavy atom. The number of anilines is 2. The number of hydrogen-bond donors (Lipinski definition) is 2. The molecule has 7 nitrogen and oxygen atoms in total. The Morgan fingerprint density at radius 2 is 1.68 bits per heavy atom. The Labute approximate surface area is 180 Å². The first-order valence-corrected chi connectivity index (χ1v) is 11.4. The van der Waals surface area contributed by atoms with Gasteiger partial charge in [0.2, 0.25) is 15.9 Å². The lowest BCUT2D eigenvalue weighted by Gasteiger charge is -2.28. The van der Waals surface area contributed by atoms with Crippen LogP contribution in [0.5, 0.6) is 0 Å². The normalized spacial score (nSPS) is 12.4. The monoisotopic (exact) mass is 453 g/mol. The van der Waals surface area contributed by atoms with Gasteiger partial charge in [-0.25, -0.2) is 17.2 Å². The number of nitrogens with zero attached hydrogens (tertiary/aromatic N) is 1. The minimum atomic E-state index is -4.02. The molecule has 1 atom stereocenters. The van der Waals surface area contributed by atoms with E-state index < -0.39 is 39.5 Å². The third kappa shape index (κ3) is 6.24. The van der Waals surface area contributed by atoms with Gasteiger partial charge in [0.15, 0.2) is 11.6 Å². The number of nitrogens with one attached hydrogen (secondary N) is 2. The molecule has 31 heavy (non-hydrogen) atoms. The number of carbonyl (C=O) groups is 2. The summed E-state index contributed by atoms with van der Waals surface area (Å²) < 4.78 is 52.3. The average molecular weight is 454 g/mol. The maximum Gasteiger partial charge on any atom is 0.253 e. The van der Waals surface area contributed by atoms with E-state index in [0.717, 1.165) is 18.4 Å². The van der Waals surface area contributed by atoms with E-state index >= 15 is 0 Å². The zero-order valence-corrected chi connectivity index (χ0v) is 18.5. The fourth-order valence-corrected chi connectivity index (χ4v) is 4.02. The van der Waals surface area contributed by atoms with E-state index in [2.05, 4.69) is 10.6 Å². The molecular weight excluding hydrogens is 428 g/mol. The summed E-state index contributed by atoms with van der Waals surface area (Å²) in [6.07, 6.45) is 0.853. The second kappa shape index (κ2) is 9.86. The second-order valence-corrected chi connectivity index (χ2v) is 9.33. The molecule has 0 spiro atoms. The summed E-state index contributed by atoms with van der Waals surface area (Å²) in [5.41, 5.74) is 0.203. The largest absolute Gasteiger partial charge is 0.352 e. The maximum absolute atomic E-state index is 13.7. The summed E-state index contributed by atoms with van der Waals surface area (Å²) in [5.74, 6) is -3.30. The first kappa shape index (κ1) is 24.3. The van der Waals surface area contributed by atoms with Gasteiger partial charge >= 0.3 is 0 Å². The minimum Gasteiger partial charge on any atom is -0.352 e. The second-order valence-electron chi connectivity index (χ2n) is 7.47. The van der Waals surface area contributed by atoms with E-state index in [1.165, 1.54) is 19.1 Å². The first-order valence-electron chi connectivity index (χ1n) is 9.54. The predicted octanol–water partition coefficient (Wildman–Crippen LogP) is 3.14. The Morgan fingerprint density at radius 3 is 2.26 bits per heavy atom. The highest BCUT2D eigenvalue weighted by Gasteiger charge is 2.30. The number of hydrogen-bond acceptors (Lipinski definition) is 4. The van der Waals surface area contributed by atoms with Crippen LogP contribution >= 0.6 is 0 Å². The van der Waals surface area contributed by atoms with Gasteiger partial charge in [-0.1, -0.05) is 26.0 Å². The molecule has 0 saturated heterocycles. The lowest BCUT2D eigenvalue weighted by atomic mass is 10.1. The van der Waals surface area contributed by atoms with Crippen molar-refractivity contribution >= 4 is 33.2 Å². The standard InChI is InChI=1S/C21H25F2N3O4S/c1-13(2)12-24-21(28)16-7-5-6-8-19(16)25-20(27)14(3)26(31(4,29)30)15-9-10-17(22)18(23)11-15/h5-11,13-14H,12H2,1-4H3,(H,24,28)(H,25,27)/t14-/m1/s1. The van der Waals surface area contributed by atoms with Crippen molar-refractivity contribution in [3.05, 3.63) is 59.7 Å². The smallest absolute Gasteiger partial charge is 0.253 e. The van der Waals surface area contributed by atoms with Gasteiger partial charge in [0.05, 0.1) is 23.2 Å². The summed E-state index contributed by atoms with van der Waals surface area (Å²) >= 11 is 0. The number of rotatable bonds is 8. The van der Waals surface area contributed by atoms with Gasteiger partial charge in [0.1, 0.15) is 6.04 Å². The van der Waals surface area contributed by atoms with Gasteiger partial charge in [-0.2, -0.15) is 0 Å². The highest BCUT2D eigenvalue weighted by Crippen LogP contribution is 2.24. The van der Waals surface area contributed by atoms with Crippen molar-refractivity contribution in [1.29, 1.82) is 0 Å². The predicted molar refractivity (Wildman–Crippen MR) is 115 cm³/mol. The molecule has 0 aliphatic heterocycles. The molecule has 0 fully saturated rings. The molecule has 0 radical (unpaired) electrons. The van der Waals surface area contributed by atoms with Crippen LogP contribution in [0.15, 0.2) is 42.5 Å².